The predicted molar refractivity (Wildman–Crippen MR) is 191 cm³/mol. The number of carbonyl (C=O) groups is 2. The number of hydrogen-bond acceptors (Lipinski definition) is 7. The van der Waals surface area contributed by atoms with Gasteiger partial charge >= 0.3 is 18.6 Å². The number of anilines is 1. The van der Waals surface area contributed by atoms with Crippen LogP contribution in [0.25, 0.3) is 0 Å². The molecule has 51 heavy (non-hydrogen) atoms. The molecule has 2 heterocycles. The molecule has 1 aliphatic carbocycles. The maximum absolute atomic E-state index is 13.0. The van der Waals surface area contributed by atoms with Gasteiger partial charge in [-0.15, -0.1) is 26.3 Å². The van der Waals surface area contributed by atoms with Crippen molar-refractivity contribution in [3.8, 4) is 0 Å². The van der Waals surface area contributed by atoms with E-state index >= 15 is 0 Å². The van der Waals surface area contributed by atoms with E-state index in [4.69, 9.17) is 11.6 Å². The van der Waals surface area contributed by atoms with Crippen molar-refractivity contribution in [2.24, 2.45) is 15.0 Å². The van der Waals surface area contributed by atoms with E-state index in [2.05, 4.69) is 20.3 Å². The van der Waals surface area contributed by atoms with Gasteiger partial charge in [0.15, 0.2) is 16.0 Å². The highest BCUT2D eigenvalue weighted by Gasteiger charge is 2.43. The van der Waals surface area contributed by atoms with Gasteiger partial charge in [0.25, 0.3) is 5.24 Å². The Bertz CT molecular complexity index is 1770. The monoisotopic (exact) mass is 768 g/mol. The maximum atomic E-state index is 13.0. The summed E-state index contributed by atoms with van der Waals surface area (Å²) in [6.07, 6.45) is -4.62. The molecule has 17 heteroatoms. The van der Waals surface area contributed by atoms with Crippen LogP contribution in [0.1, 0.15) is 49.8 Å². The van der Waals surface area contributed by atoms with E-state index in [1.54, 1.807) is 36.4 Å². The Kier molecular flexibility index (Phi) is 12.4. The Hall–Kier alpha value is -4.02. The normalized spacial score (nSPS) is 22.4. The second kappa shape index (κ2) is 16.5. The molecule has 6 rings (SSSR count). The summed E-state index contributed by atoms with van der Waals surface area (Å²) >= 11 is 7.50. The van der Waals surface area contributed by atoms with Crippen LogP contribution >= 0.6 is 35.1 Å². The number of urea groups is 1. The highest BCUT2D eigenvalue weighted by atomic mass is 35.5. The molecule has 1 saturated carbocycles. The molecular formula is C34H31ClF6N6O2S2. The number of amides is 3. The van der Waals surface area contributed by atoms with Crippen molar-refractivity contribution >= 4 is 73.8 Å². The molecule has 3 aromatic rings. The Balaban J connectivity index is 0.000000201. The van der Waals surface area contributed by atoms with E-state index in [0.29, 0.717) is 22.5 Å². The van der Waals surface area contributed by atoms with E-state index in [1.165, 1.54) is 47.3 Å². The van der Waals surface area contributed by atoms with Crippen LogP contribution in [-0.4, -0.2) is 56.9 Å². The molecule has 3 aromatic carbocycles. The van der Waals surface area contributed by atoms with Gasteiger partial charge in [0.1, 0.15) is 0 Å². The Morgan fingerprint density at radius 1 is 0.843 bits per heavy atom. The van der Waals surface area contributed by atoms with Gasteiger partial charge < -0.3 is 5.32 Å². The smallest absolute Gasteiger partial charge is 0.335 e. The van der Waals surface area contributed by atoms with Crippen LogP contribution in [0.5, 0.6) is 0 Å². The Labute approximate surface area is 303 Å². The third-order valence-electron chi connectivity index (χ3n) is 7.86. The van der Waals surface area contributed by atoms with Crippen molar-refractivity contribution in [1.29, 1.82) is 0 Å². The van der Waals surface area contributed by atoms with E-state index in [1.807, 2.05) is 31.2 Å². The summed E-state index contributed by atoms with van der Waals surface area (Å²) in [6, 6.07) is 22.9. The predicted octanol–water partition coefficient (Wildman–Crippen LogP) is 10.7. The molecule has 0 spiro atoms. The number of rotatable bonds is 4. The number of aliphatic imine (C=N–C) groups is 3. The molecule has 2 atom stereocenters. The second-order valence-electron chi connectivity index (χ2n) is 11.5. The fourth-order valence-corrected chi connectivity index (χ4v) is 7.89. The van der Waals surface area contributed by atoms with Crippen molar-refractivity contribution < 1.29 is 35.9 Å². The van der Waals surface area contributed by atoms with Gasteiger partial charge in [-0.05, 0) is 73.5 Å². The lowest BCUT2D eigenvalue weighted by Gasteiger charge is -2.27. The number of thioether (sulfide) groups is 2. The van der Waals surface area contributed by atoms with E-state index in [9.17, 15) is 35.9 Å². The molecule has 3 aliphatic rings. The van der Waals surface area contributed by atoms with Crippen LogP contribution in [0.15, 0.2) is 99.9 Å². The van der Waals surface area contributed by atoms with Crippen LogP contribution in [0, 0.1) is 0 Å². The summed E-state index contributed by atoms with van der Waals surface area (Å²) in [4.78, 5) is 36.3. The molecule has 0 bridgehead atoms. The number of carbonyl (C=O) groups excluding carboxylic acids is 2. The third kappa shape index (κ3) is 10.5. The number of nitrogens with one attached hydrogen (secondary N) is 1. The van der Waals surface area contributed by atoms with Crippen LogP contribution in [0.4, 0.5) is 47.3 Å². The minimum Gasteiger partial charge on any atom is -0.335 e. The van der Waals surface area contributed by atoms with Gasteiger partial charge in [-0.1, -0.05) is 91.2 Å². The number of nitrogens with zero attached hydrogens (tertiary/aromatic N) is 5. The molecular weight excluding hydrogens is 738 g/mol. The first-order chi connectivity index (χ1) is 24.2. The first-order valence-electron chi connectivity index (χ1n) is 15.7. The largest absolute Gasteiger partial charge is 0.505 e. The second-order valence-corrected chi connectivity index (χ2v) is 14.0. The van der Waals surface area contributed by atoms with Gasteiger partial charge in [-0.25, -0.2) is 9.79 Å². The van der Waals surface area contributed by atoms with Gasteiger partial charge in [-0.3, -0.25) is 14.6 Å². The van der Waals surface area contributed by atoms with Crippen molar-refractivity contribution in [2.45, 2.75) is 69.0 Å². The van der Waals surface area contributed by atoms with Crippen molar-refractivity contribution in [1.82, 2.24) is 10.2 Å². The SMILES string of the molecule is C[C@H]1[C@H](c2ccc(Cl)cc2)SC(=O)N1C(=O)NC1CCCCC1.FC(F)(F)N=C1SC(=Nc2ccccc2)N(c2ccccc2)C1=NC(F)(F)F. The highest BCUT2D eigenvalue weighted by molar-refractivity contribution is 8.29. The zero-order valence-corrected chi connectivity index (χ0v) is 29.3. The maximum Gasteiger partial charge on any atom is 0.505 e. The summed E-state index contributed by atoms with van der Waals surface area (Å²) in [5.74, 6) is -0.990. The number of benzene rings is 3. The summed E-state index contributed by atoms with van der Waals surface area (Å²) in [6.45, 7) is 1.93. The molecule has 8 nitrogen and oxygen atoms in total. The average Bonchev–Trinajstić information content (AvgIpc) is 3.55. The molecule has 3 amide bonds. The summed E-state index contributed by atoms with van der Waals surface area (Å²) in [5, 5.41) is 2.41. The minimum atomic E-state index is -5.10. The van der Waals surface area contributed by atoms with Crippen LogP contribution < -0.4 is 10.2 Å². The lowest BCUT2D eigenvalue weighted by molar-refractivity contribution is -0.121. The number of imide groups is 1. The minimum absolute atomic E-state index is 0.0446. The number of hydrogen-bond donors (Lipinski definition) is 1. The molecule has 3 fully saturated rings. The molecule has 2 saturated heterocycles. The number of amidine groups is 2. The summed E-state index contributed by atoms with van der Waals surface area (Å²) in [5.41, 5.74) is 1.54. The van der Waals surface area contributed by atoms with E-state index in [-0.39, 0.29) is 39.5 Å². The first-order valence-corrected chi connectivity index (χ1v) is 17.8. The Morgan fingerprint density at radius 3 is 2.02 bits per heavy atom. The first kappa shape index (κ1) is 38.2. The zero-order chi connectivity index (χ0) is 36.8. The molecule has 1 N–H and O–H groups in total. The number of alkyl halides is 6. The van der Waals surface area contributed by atoms with Crippen LogP contribution in [0.2, 0.25) is 5.02 Å². The quantitative estimate of drug-likeness (QED) is 0.211. The van der Waals surface area contributed by atoms with Crippen molar-refractivity contribution in [3.63, 3.8) is 0 Å². The summed E-state index contributed by atoms with van der Waals surface area (Å²) in [7, 11) is 0. The highest BCUT2D eigenvalue weighted by Crippen LogP contribution is 2.43. The molecule has 270 valence electrons. The zero-order valence-electron chi connectivity index (χ0n) is 26.9. The Morgan fingerprint density at radius 2 is 1.43 bits per heavy atom. The van der Waals surface area contributed by atoms with Gasteiger partial charge in [-0.2, -0.15) is 9.98 Å². The summed E-state index contributed by atoms with van der Waals surface area (Å²) < 4.78 is 77.3. The molecule has 0 unspecified atom stereocenters. The van der Waals surface area contributed by atoms with Crippen molar-refractivity contribution in [3.05, 3.63) is 95.5 Å². The van der Waals surface area contributed by atoms with Gasteiger partial charge in [0.05, 0.1) is 17.0 Å². The van der Waals surface area contributed by atoms with Crippen LogP contribution in [-0.2, 0) is 0 Å². The van der Waals surface area contributed by atoms with E-state index < -0.39 is 23.5 Å². The number of para-hydroxylation sites is 2. The third-order valence-corrected chi connectivity index (χ3v) is 10.4. The molecule has 0 aromatic heterocycles. The average molecular weight is 769 g/mol. The lowest BCUT2D eigenvalue weighted by Crippen LogP contribution is -2.48. The van der Waals surface area contributed by atoms with Gasteiger partial charge in [0, 0.05) is 16.8 Å². The lowest BCUT2D eigenvalue weighted by atomic mass is 9.96. The topological polar surface area (TPSA) is 89.7 Å². The van der Waals surface area contributed by atoms with Crippen LogP contribution in [0.3, 0.4) is 0 Å². The van der Waals surface area contributed by atoms with Gasteiger partial charge in [0.2, 0.25) is 0 Å². The van der Waals surface area contributed by atoms with Crippen molar-refractivity contribution in [2.75, 3.05) is 4.90 Å². The fourth-order valence-electron chi connectivity index (χ4n) is 5.59. The van der Waals surface area contributed by atoms with E-state index in [0.717, 1.165) is 36.1 Å². The fraction of sp³-hybridized carbons (Fsp3) is 0.324. The molecule has 2 aliphatic heterocycles. The number of halogens is 7. The standard InChI is InChI=1S/C17H21ClN2O2S.C17H10F6N4S/c1-11-15(12-7-9-13(18)10-8-12)23-17(22)20(11)16(21)19-14-5-3-2-4-6-14;18-16(19,20)25-13-14(26-17(21,22)23)28-15(24-11-7-3-1-4-8-11)27(13)12-9-5-2-6-10-12/h7-11,14-15H,2-6H2,1H3,(H,19,21);1-10H/t11-,15+;/m0./s1. The molecule has 0 radical (unpaired) electrons.